The average molecular weight is 538 g/mol. The number of carbonyl (C=O) groups is 2. The molecule has 1 saturated heterocycles. The Bertz CT molecular complexity index is 1040. The van der Waals surface area contributed by atoms with Gasteiger partial charge in [0, 0.05) is 25.6 Å². The second-order valence-electron chi connectivity index (χ2n) is 9.99. The van der Waals surface area contributed by atoms with Gasteiger partial charge in [-0.05, 0) is 43.2 Å². The SMILES string of the molecule is O=C(C=Cc1cnc(N[C@H](COCc2ccccc2)C(=O)NCC2CCCCC2)cn1)NOC1CCCCO1. The summed E-state index contributed by atoms with van der Waals surface area (Å²) in [7, 11) is 0. The zero-order chi connectivity index (χ0) is 27.1. The van der Waals surface area contributed by atoms with Gasteiger partial charge < -0.3 is 20.1 Å². The van der Waals surface area contributed by atoms with Crippen LogP contribution in [0, 0.1) is 5.92 Å². The summed E-state index contributed by atoms with van der Waals surface area (Å²) in [4.78, 5) is 39.1. The molecule has 1 saturated carbocycles. The van der Waals surface area contributed by atoms with Gasteiger partial charge in [0.15, 0.2) is 6.29 Å². The summed E-state index contributed by atoms with van der Waals surface area (Å²) in [5.41, 5.74) is 3.90. The molecule has 1 aromatic carbocycles. The van der Waals surface area contributed by atoms with Crippen molar-refractivity contribution in [3.05, 3.63) is 60.1 Å². The molecule has 1 aromatic heterocycles. The molecule has 2 aromatic rings. The first kappa shape index (κ1) is 28.7. The number of rotatable bonds is 13. The fraction of sp³-hybridized carbons (Fsp3) is 0.517. The van der Waals surface area contributed by atoms with Crippen molar-refractivity contribution in [2.45, 2.75) is 70.3 Å². The lowest BCUT2D eigenvalue weighted by Gasteiger charge is -2.24. The van der Waals surface area contributed by atoms with E-state index in [-0.39, 0.29) is 12.5 Å². The van der Waals surface area contributed by atoms with Gasteiger partial charge in [0.05, 0.1) is 31.3 Å². The van der Waals surface area contributed by atoms with Crippen molar-refractivity contribution in [3.8, 4) is 0 Å². The van der Waals surface area contributed by atoms with Crippen LogP contribution < -0.4 is 16.1 Å². The van der Waals surface area contributed by atoms with E-state index in [0.29, 0.717) is 37.2 Å². The quantitative estimate of drug-likeness (QED) is 0.261. The second-order valence-corrected chi connectivity index (χ2v) is 9.99. The Hall–Kier alpha value is -3.34. The van der Waals surface area contributed by atoms with Gasteiger partial charge in [-0.1, -0.05) is 49.6 Å². The van der Waals surface area contributed by atoms with Gasteiger partial charge in [-0.15, -0.1) is 0 Å². The van der Waals surface area contributed by atoms with Crippen LogP contribution in [0.25, 0.3) is 6.08 Å². The maximum atomic E-state index is 13.1. The van der Waals surface area contributed by atoms with Gasteiger partial charge in [0.2, 0.25) is 5.91 Å². The number of carbonyl (C=O) groups excluding carboxylic acids is 2. The van der Waals surface area contributed by atoms with E-state index in [4.69, 9.17) is 14.3 Å². The molecular formula is C29H39N5O5. The third-order valence-electron chi connectivity index (χ3n) is 6.83. The van der Waals surface area contributed by atoms with Gasteiger partial charge in [0.25, 0.3) is 5.91 Å². The minimum Gasteiger partial charge on any atom is -0.374 e. The zero-order valence-electron chi connectivity index (χ0n) is 22.3. The van der Waals surface area contributed by atoms with Gasteiger partial charge >= 0.3 is 0 Å². The Balaban J connectivity index is 1.28. The van der Waals surface area contributed by atoms with Crippen LogP contribution in [0.1, 0.15) is 62.6 Å². The van der Waals surface area contributed by atoms with Crippen molar-refractivity contribution >= 4 is 23.7 Å². The molecule has 10 nitrogen and oxygen atoms in total. The van der Waals surface area contributed by atoms with Crippen LogP contribution in [0.3, 0.4) is 0 Å². The van der Waals surface area contributed by atoms with Crippen LogP contribution in [0.15, 0.2) is 48.8 Å². The Morgan fingerprint density at radius 1 is 1.03 bits per heavy atom. The van der Waals surface area contributed by atoms with Crippen LogP contribution in [-0.4, -0.2) is 53.9 Å². The Morgan fingerprint density at radius 3 is 2.59 bits per heavy atom. The van der Waals surface area contributed by atoms with Crippen LogP contribution in [0.5, 0.6) is 0 Å². The molecule has 1 aliphatic carbocycles. The Kier molecular flexibility index (Phi) is 11.7. The molecule has 10 heteroatoms. The lowest BCUT2D eigenvalue weighted by molar-refractivity contribution is -0.198. The van der Waals surface area contributed by atoms with E-state index in [1.54, 1.807) is 0 Å². The molecule has 2 fully saturated rings. The molecular weight excluding hydrogens is 498 g/mol. The van der Waals surface area contributed by atoms with Crippen LogP contribution in [0.4, 0.5) is 5.82 Å². The Morgan fingerprint density at radius 2 is 1.85 bits per heavy atom. The molecule has 2 atom stereocenters. The van der Waals surface area contributed by atoms with Crippen molar-refractivity contribution in [1.82, 2.24) is 20.8 Å². The van der Waals surface area contributed by atoms with Crippen molar-refractivity contribution < 1.29 is 23.9 Å². The molecule has 2 aliphatic rings. The van der Waals surface area contributed by atoms with Crippen LogP contribution in [0.2, 0.25) is 0 Å². The number of amides is 2. The number of hydrogen-bond acceptors (Lipinski definition) is 8. The standard InChI is InChI=1S/C29H39N5O5/c35-27(34-39-28-13-7-8-16-38-28)15-14-24-18-31-26(19-30-24)33-25(21-37-20-23-11-5-2-6-12-23)29(36)32-17-22-9-3-1-4-10-22/h2,5-6,11-12,14-15,18-19,22,25,28H,1,3-4,7-10,13,16-17,20-21H2,(H,31,33)(H,32,36)(H,34,35)/t25-,28?/m1/s1. The van der Waals surface area contributed by atoms with E-state index < -0.39 is 18.2 Å². The largest absolute Gasteiger partial charge is 0.374 e. The predicted octanol–water partition coefficient (Wildman–Crippen LogP) is 3.76. The summed E-state index contributed by atoms with van der Waals surface area (Å²) in [6.45, 7) is 1.89. The fourth-order valence-corrected chi connectivity index (χ4v) is 4.61. The van der Waals surface area contributed by atoms with E-state index in [2.05, 4.69) is 26.1 Å². The van der Waals surface area contributed by atoms with E-state index in [0.717, 1.165) is 37.7 Å². The molecule has 3 N–H and O–H groups in total. The van der Waals surface area contributed by atoms with Crippen LogP contribution >= 0.6 is 0 Å². The summed E-state index contributed by atoms with van der Waals surface area (Å²) < 4.78 is 11.3. The second kappa shape index (κ2) is 15.9. The lowest BCUT2D eigenvalue weighted by atomic mass is 9.89. The number of aromatic nitrogens is 2. The number of nitrogens with one attached hydrogen (secondary N) is 3. The maximum Gasteiger partial charge on any atom is 0.267 e. The highest BCUT2D eigenvalue weighted by Crippen LogP contribution is 2.22. The topological polar surface area (TPSA) is 124 Å². The normalized spacial score (nSPS) is 18.9. The number of ether oxygens (including phenoxy) is 2. The summed E-state index contributed by atoms with van der Waals surface area (Å²) >= 11 is 0. The number of hydroxylamine groups is 1. The molecule has 4 rings (SSSR count). The predicted molar refractivity (Wildman–Crippen MR) is 147 cm³/mol. The summed E-state index contributed by atoms with van der Waals surface area (Å²) in [5, 5.41) is 6.25. The van der Waals surface area contributed by atoms with E-state index in [1.807, 2.05) is 30.3 Å². The minimum absolute atomic E-state index is 0.127. The first-order valence-electron chi connectivity index (χ1n) is 13.9. The molecule has 0 radical (unpaired) electrons. The molecule has 2 heterocycles. The van der Waals surface area contributed by atoms with Crippen molar-refractivity contribution in [3.63, 3.8) is 0 Å². The summed E-state index contributed by atoms with van der Waals surface area (Å²) in [6.07, 6.45) is 14.3. The van der Waals surface area contributed by atoms with Gasteiger partial charge in [-0.2, -0.15) is 0 Å². The summed E-state index contributed by atoms with van der Waals surface area (Å²) in [6, 6.07) is 9.21. The van der Waals surface area contributed by atoms with Crippen molar-refractivity contribution in [2.24, 2.45) is 5.92 Å². The number of hydrogen-bond donors (Lipinski definition) is 3. The lowest BCUT2D eigenvalue weighted by Crippen LogP contribution is -2.44. The maximum absolute atomic E-state index is 13.1. The molecule has 210 valence electrons. The molecule has 2 amide bonds. The first-order chi connectivity index (χ1) is 19.2. The van der Waals surface area contributed by atoms with E-state index >= 15 is 0 Å². The molecule has 1 unspecified atom stereocenters. The molecule has 0 bridgehead atoms. The monoisotopic (exact) mass is 537 g/mol. The average Bonchev–Trinajstić information content (AvgIpc) is 2.99. The third kappa shape index (κ3) is 10.4. The highest BCUT2D eigenvalue weighted by atomic mass is 16.8. The molecule has 1 aliphatic heterocycles. The first-order valence-corrected chi connectivity index (χ1v) is 13.9. The Labute approximate surface area is 229 Å². The van der Waals surface area contributed by atoms with Crippen molar-refractivity contribution in [1.29, 1.82) is 0 Å². The number of anilines is 1. The third-order valence-corrected chi connectivity index (χ3v) is 6.83. The highest BCUT2D eigenvalue weighted by Gasteiger charge is 2.22. The number of nitrogens with zero attached hydrogens (tertiary/aromatic N) is 2. The van der Waals surface area contributed by atoms with E-state index in [1.165, 1.54) is 43.8 Å². The van der Waals surface area contributed by atoms with Gasteiger partial charge in [0.1, 0.15) is 11.9 Å². The molecule has 39 heavy (non-hydrogen) atoms. The smallest absolute Gasteiger partial charge is 0.267 e. The van der Waals surface area contributed by atoms with Gasteiger partial charge in [-0.3, -0.25) is 14.6 Å². The molecule has 0 spiro atoms. The zero-order valence-corrected chi connectivity index (χ0v) is 22.3. The van der Waals surface area contributed by atoms with Gasteiger partial charge in [-0.25, -0.2) is 15.3 Å². The highest BCUT2D eigenvalue weighted by molar-refractivity contribution is 5.90. The minimum atomic E-state index is -0.627. The van der Waals surface area contributed by atoms with E-state index in [9.17, 15) is 9.59 Å². The summed E-state index contributed by atoms with van der Waals surface area (Å²) in [5.74, 6) is 0.421. The number of benzene rings is 1. The fourth-order valence-electron chi connectivity index (χ4n) is 4.61. The van der Waals surface area contributed by atoms with Crippen molar-refractivity contribution in [2.75, 3.05) is 25.1 Å². The van der Waals surface area contributed by atoms with Crippen LogP contribution in [-0.2, 0) is 30.5 Å².